The molecule has 0 unspecified atom stereocenters. The Labute approximate surface area is 168 Å². The number of carbonyl (C=O) groups is 1. The fourth-order valence-corrected chi connectivity index (χ4v) is 2.55. The zero-order valence-electron chi connectivity index (χ0n) is 15.6. The predicted octanol–water partition coefficient (Wildman–Crippen LogP) is 3.45. The first-order valence-corrected chi connectivity index (χ1v) is 9.00. The highest BCUT2D eigenvalue weighted by molar-refractivity contribution is 7.80. The Bertz CT molecular complexity index is 855. The highest BCUT2D eigenvalue weighted by Crippen LogP contribution is 2.24. The van der Waals surface area contributed by atoms with Crippen LogP contribution in [0.2, 0.25) is 0 Å². The first-order valence-electron chi connectivity index (χ1n) is 8.59. The first kappa shape index (κ1) is 21.3. The highest BCUT2D eigenvalue weighted by Gasteiger charge is 2.15. The van der Waals surface area contributed by atoms with E-state index < -0.39 is 10.8 Å². The van der Waals surface area contributed by atoms with Crippen molar-refractivity contribution in [2.75, 3.05) is 25.1 Å². The van der Waals surface area contributed by atoms with Crippen molar-refractivity contribution in [2.45, 2.75) is 13.8 Å². The Morgan fingerprint density at radius 3 is 2.54 bits per heavy atom. The van der Waals surface area contributed by atoms with E-state index in [0.717, 1.165) is 0 Å². The van der Waals surface area contributed by atoms with Crippen LogP contribution in [0.5, 0.6) is 5.75 Å². The Kier molecular flexibility index (Phi) is 7.85. The molecule has 148 valence electrons. The summed E-state index contributed by atoms with van der Waals surface area (Å²) >= 11 is 5.14. The van der Waals surface area contributed by atoms with E-state index in [1.807, 2.05) is 6.92 Å². The van der Waals surface area contributed by atoms with E-state index in [4.69, 9.17) is 21.7 Å². The molecule has 0 spiro atoms. The fraction of sp³-hybridized carbons (Fsp3) is 0.263. The molecule has 2 aromatic carbocycles. The minimum Gasteiger partial charge on any atom is -0.491 e. The maximum absolute atomic E-state index is 12.3. The van der Waals surface area contributed by atoms with Gasteiger partial charge in [0, 0.05) is 18.2 Å². The van der Waals surface area contributed by atoms with Crippen LogP contribution in [0.1, 0.15) is 22.8 Å². The quantitative estimate of drug-likeness (QED) is 0.301. The van der Waals surface area contributed by atoms with Gasteiger partial charge in [-0.2, -0.15) is 0 Å². The molecule has 8 nitrogen and oxygen atoms in total. The van der Waals surface area contributed by atoms with E-state index in [2.05, 4.69) is 10.6 Å². The minimum absolute atomic E-state index is 0.0287. The van der Waals surface area contributed by atoms with Crippen molar-refractivity contribution in [3.63, 3.8) is 0 Å². The van der Waals surface area contributed by atoms with Gasteiger partial charge >= 0.3 is 0 Å². The van der Waals surface area contributed by atoms with Crippen LogP contribution in [-0.4, -0.2) is 35.8 Å². The molecule has 0 heterocycles. The summed E-state index contributed by atoms with van der Waals surface area (Å²) in [5.41, 5.74) is 1.26. The molecule has 0 fully saturated rings. The van der Waals surface area contributed by atoms with Crippen LogP contribution in [0.15, 0.2) is 42.5 Å². The van der Waals surface area contributed by atoms with Crippen molar-refractivity contribution in [2.24, 2.45) is 0 Å². The summed E-state index contributed by atoms with van der Waals surface area (Å²) in [6.45, 7) is 5.07. The average molecular weight is 403 g/mol. The zero-order valence-corrected chi connectivity index (χ0v) is 16.4. The number of rotatable bonds is 8. The van der Waals surface area contributed by atoms with Crippen LogP contribution in [0.25, 0.3) is 0 Å². The van der Waals surface area contributed by atoms with E-state index in [-0.39, 0.29) is 10.8 Å². The molecule has 2 rings (SSSR count). The third-order valence-electron chi connectivity index (χ3n) is 3.79. The van der Waals surface area contributed by atoms with E-state index in [9.17, 15) is 14.9 Å². The monoisotopic (exact) mass is 403 g/mol. The average Bonchev–Trinajstić information content (AvgIpc) is 2.67. The number of nitro benzene ring substituents is 1. The molecule has 2 aromatic rings. The molecule has 1 amide bonds. The molecule has 0 aliphatic heterocycles. The topological polar surface area (TPSA) is 103 Å². The first-order chi connectivity index (χ1) is 13.4. The van der Waals surface area contributed by atoms with Crippen LogP contribution >= 0.6 is 12.2 Å². The van der Waals surface area contributed by atoms with E-state index >= 15 is 0 Å². The molecule has 2 N–H and O–H groups in total. The number of amides is 1. The third kappa shape index (κ3) is 6.00. The summed E-state index contributed by atoms with van der Waals surface area (Å²) in [6.07, 6.45) is 0. The van der Waals surface area contributed by atoms with Crippen LogP contribution < -0.4 is 15.4 Å². The summed E-state index contributed by atoms with van der Waals surface area (Å²) < 4.78 is 10.7. The van der Waals surface area contributed by atoms with E-state index in [1.54, 1.807) is 43.3 Å². The largest absolute Gasteiger partial charge is 0.491 e. The van der Waals surface area contributed by atoms with Crippen LogP contribution in [0, 0.1) is 17.0 Å². The Hall–Kier alpha value is -3.04. The van der Waals surface area contributed by atoms with Gasteiger partial charge in [-0.3, -0.25) is 20.2 Å². The van der Waals surface area contributed by atoms with Crippen LogP contribution in [-0.2, 0) is 4.74 Å². The summed E-state index contributed by atoms with van der Waals surface area (Å²) in [6, 6.07) is 11.2. The number of nitro groups is 1. The molecule has 0 saturated heterocycles. The zero-order chi connectivity index (χ0) is 20.5. The molecule has 28 heavy (non-hydrogen) atoms. The molecule has 0 aliphatic rings. The normalized spacial score (nSPS) is 10.2. The number of hydrogen-bond acceptors (Lipinski definition) is 6. The maximum atomic E-state index is 12.3. The number of nitrogens with one attached hydrogen (secondary N) is 2. The van der Waals surface area contributed by atoms with Crippen molar-refractivity contribution < 1.29 is 19.2 Å². The Morgan fingerprint density at radius 2 is 1.89 bits per heavy atom. The lowest BCUT2D eigenvalue weighted by Gasteiger charge is -2.12. The molecule has 9 heteroatoms. The lowest BCUT2D eigenvalue weighted by molar-refractivity contribution is -0.385. The SMILES string of the molecule is CCOCCOc1ccc(C(=O)NC(=S)Nc2cccc([N+](=O)[O-])c2C)cc1. The standard InChI is InChI=1S/C19H21N3O5S/c1-3-26-11-12-27-15-9-7-14(8-10-15)18(23)21-19(28)20-16-5-4-6-17(13(16)2)22(24)25/h4-10H,3,11-12H2,1-2H3,(H2,20,21,23,28). The number of ether oxygens (including phenoxy) is 2. The summed E-state index contributed by atoms with van der Waals surface area (Å²) in [5, 5.41) is 16.4. The molecule has 0 saturated carbocycles. The third-order valence-corrected chi connectivity index (χ3v) is 4.00. The molecule has 0 aromatic heterocycles. The summed E-state index contributed by atoms with van der Waals surface area (Å²) in [4.78, 5) is 22.8. The van der Waals surface area contributed by atoms with Crippen molar-refractivity contribution in [1.29, 1.82) is 0 Å². The lowest BCUT2D eigenvalue weighted by Crippen LogP contribution is -2.34. The van der Waals surface area contributed by atoms with Gasteiger partial charge in [-0.05, 0) is 56.4 Å². The van der Waals surface area contributed by atoms with Crippen LogP contribution in [0.4, 0.5) is 11.4 Å². The van der Waals surface area contributed by atoms with Crippen molar-refractivity contribution in [3.8, 4) is 5.75 Å². The van der Waals surface area contributed by atoms with Gasteiger partial charge in [-0.15, -0.1) is 0 Å². The lowest BCUT2D eigenvalue weighted by atomic mass is 10.1. The Morgan fingerprint density at radius 1 is 1.18 bits per heavy atom. The number of anilines is 1. The molecule has 0 bridgehead atoms. The van der Waals surface area contributed by atoms with Gasteiger partial charge in [0.1, 0.15) is 12.4 Å². The molecule has 0 radical (unpaired) electrons. The second-order valence-electron chi connectivity index (χ2n) is 5.68. The van der Waals surface area contributed by atoms with Gasteiger partial charge in [0.25, 0.3) is 11.6 Å². The van der Waals surface area contributed by atoms with E-state index in [0.29, 0.717) is 42.4 Å². The number of nitrogens with zero attached hydrogens (tertiary/aromatic N) is 1. The smallest absolute Gasteiger partial charge is 0.274 e. The second kappa shape index (κ2) is 10.3. The number of carbonyl (C=O) groups excluding carboxylic acids is 1. The maximum Gasteiger partial charge on any atom is 0.274 e. The second-order valence-corrected chi connectivity index (χ2v) is 6.09. The van der Waals surface area contributed by atoms with Gasteiger partial charge < -0.3 is 14.8 Å². The van der Waals surface area contributed by atoms with Crippen molar-refractivity contribution in [3.05, 3.63) is 63.7 Å². The summed E-state index contributed by atoms with van der Waals surface area (Å²) in [7, 11) is 0. The Balaban J connectivity index is 1.93. The number of hydrogen-bond donors (Lipinski definition) is 2. The van der Waals surface area contributed by atoms with Gasteiger partial charge in [-0.25, -0.2) is 0 Å². The predicted molar refractivity (Wildman–Crippen MR) is 110 cm³/mol. The summed E-state index contributed by atoms with van der Waals surface area (Å²) in [5.74, 6) is 0.227. The molecule has 0 atom stereocenters. The van der Waals surface area contributed by atoms with Gasteiger partial charge in [0.15, 0.2) is 5.11 Å². The molecular formula is C19H21N3O5S. The fourth-order valence-electron chi connectivity index (χ4n) is 2.35. The van der Waals surface area contributed by atoms with Crippen molar-refractivity contribution >= 4 is 34.6 Å². The number of benzene rings is 2. The van der Waals surface area contributed by atoms with Crippen molar-refractivity contribution in [1.82, 2.24) is 5.32 Å². The highest BCUT2D eigenvalue weighted by atomic mass is 32.1. The van der Waals surface area contributed by atoms with E-state index in [1.165, 1.54) is 6.07 Å². The molecular weight excluding hydrogens is 382 g/mol. The number of thiocarbonyl (C=S) groups is 1. The molecule has 0 aliphatic carbocycles. The van der Waals surface area contributed by atoms with Gasteiger partial charge in [0.2, 0.25) is 0 Å². The van der Waals surface area contributed by atoms with Gasteiger partial charge in [0.05, 0.1) is 22.8 Å². The van der Waals surface area contributed by atoms with Crippen LogP contribution in [0.3, 0.4) is 0 Å². The minimum atomic E-state index is -0.472. The van der Waals surface area contributed by atoms with Gasteiger partial charge in [-0.1, -0.05) is 6.07 Å².